The molecule has 0 radical (unpaired) electrons. The molecular weight excluding hydrogens is 262 g/mol. The van der Waals surface area contributed by atoms with Crippen LogP contribution in [0, 0.1) is 6.92 Å². The minimum absolute atomic E-state index is 0.349. The average Bonchev–Trinajstić information content (AvgIpc) is 2.85. The van der Waals surface area contributed by atoms with Gasteiger partial charge >= 0.3 is 0 Å². The molecule has 0 fully saturated rings. The van der Waals surface area contributed by atoms with Crippen molar-refractivity contribution in [2.75, 3.05) is 5.73 Å². The number of amides is 1. The van der Waals surface area contributed by atoms with Crippen LogP contribution in [0.15, 0.2) is 39.8 Å². The number of aryl methyl sites for hydroxylation is 1. The van der Waals surface area contributed by atoms with E-state index < -0.39 is 0 Å². The van der Waals surface area contributed by atoms with Crippen LogP contribution in [0.4, 0.5) is 5.69 Å². The van der Waals surface area contributed by atoms with Gasteiger partial charge in [0.05, 0.1) is 17.6 Å². The minimum atomic E-state index is -0.349. The zero-order valence-corrected chi connectivity index (χ0v) is 11.3. The molecule has 5 nitrogen and oxygen atoms in total. The zero-order chi connectivity index (χ0) is 13.8. The monoisotopic (exact) mass is 277 g/mol. The third-order valence-electron chi connectivity index (χ3n) is 2.68. The number of thioether (sulfide) groups is 1. The highest BCUT2D eigenvalue weighted by atomic mass is 32.2. The normalized spacial score (nSPS) is 10.4. The fourth-order valence-electron chi connectivity index (χ4n) is 1.71. The van der Waals surface area contributed by atoms with E-state index in [1.165, 1.54) is 6.26 Å². The first kappa shape index (κ1) is 13.5. The highest BCUT2D eigenvalue weighted by molar-refractivity contribution is 7.98. The Balaban J connectivity index is 2.10. The first-order valence-corrected chi connectivity index (χ1v) is 6.66. The molecule has 2 rings (SSSR count). The number of hydrogen-bond acceptors (Lipinski definition) is 5. The molecular formula is C13H15N3O2S. The van der Waals surface area contributed by atoms with Crippen molar-refractivity contribution < 1.29 is 9.21 Å². The van der Waals surface area contributed by atoms with Gasteiger partial charge in [0, 0.05) is 10.6 Å². The largest absolute Gasteiger partial charge is 0.468 e. The van der Waals surface area contributed by atoms with Crippen LogP contribution in [0.1, 0.15) is 21.7 Å². The van der Waals surface area contributed by atoms with Gasteiger partial charge < -0.3 is 10.2 Å². The molecule has 0 aliphatic heterocycles. The Morgan fingerprint density at radius 1 is 1.42 bits per heavy atom. The second kappa shape index (κ2) is 5.81. The van der Waals surface area contributed by atoms with Crippen molar-refractivity contribution in [2.45, 2.75) is 17.6 Å². The number of hydrogen-bond donors (Lipinski definition) is 3. The number of nitrogen functional groups attached to an aromatic ring is 2. The van der Waals surface area contributed by atoms with Crippen molar-refractivity contribution in [1.82, 2.24) is 5.43 Å². The smallest absolute Gasteiger partial charge is 0.268 e. The molecule has 0 saturated heterocycles. The van der Waals surface area contributed by atoms with Gasteiger partial charge in [-0.15, -0.1) is 11.8 Å². The van der Waals surface area contributed by atoms with E-state index in [0.29, 0.717) is 17.1 Å². The van der Waals surface area contributed by atoms with E-state index in [1.807, 2.05) is 25.1 Å². The van der Waals surface area contributed by atoms with E-state index in [9.17, 15) is 4.79 Å². The summed E-state index contributed by atoms with van der Waals surface area (Å²) in [6.07, 6.45) is 1.48. The summed E-state index contributed by atoms with van der Waals surface area (Å²) >= 11 is 1.59. The lowest BCUT2D eigenvalue weighted by molar-refractivity contribution is 0.0952. The molecule has 5 N–H and O–H groups in total. The van der Waals surface area contributed by atoms with E-state index in [-0.39, 0.29) is 5.91 Å². The molecule has 1 aromatic heterocycles. The summed E-state index contributed by atoms with van der Waals surface area (Å²) in [5.41, 5.74) is 10.1. The van der Waals surface area contributed by atoms with Gasteiger partial charge in [-0.1, -0.05) is 0 Å². The predicted molar refractivity (Wildman–Crippen MR) is 75.5 cm³/mol. The van der Waals surface area contributed by atoms with Crippen molar-refractivity contribution in [3.8, 4) is 0 Å². The summed E-state index contributed by atoms with van der Waals surface area (Å²) in [5.74, 6) is 5.93. The third kappa shape index (κ3) is 3.10. The van der Waals surface area contributed by atoms with Gasteiger partial charge in [-0.05, 0) is 36.8 Å². The third-order valence-corrected chi connectivity index (χ3v) is 3.85. The molecule has 0 unspecified atom stereocenters. The molecule has 0 saturated carbocycles. The molecule has 1 heterocycles. The number of nitrogens with two attached hydrogens (primary N) is 2. The molecule has 1 amide bonds. The SMILES string of the molecule is Cc1cc(N)ccc1SCc1occc1C(=O)NN. The molecule has 0 bridgehead atoms. The molecule has 1 aromatic carbocycles. The highest BCUT2D eigenvalue weighted by Crippen LogP contribution is 2.28. The lowest BCUT2D eigenvalue weighted by atomic mass is 10.2. The van der Waals surface area contributed by atoms with E-state index in [1.54, 1.807) is 17.8 Å². The van der Waals surface area contributed by atoms with Gasteiger partial charge in [-0.2, -0.15) is 0 Å². The standard InChI is InChI=1S/C13H15N3O2S/c1-8-6-9(14)2-3-12(8)19-7-11-10(4-5-18-11)13(17)16-15/h2-6H,7,14-15H2,1H3,(H,16,17). The van der Waals surface area contributed by atoms with E-state index in [0.717, 1.165) is 16.1 Å². The molecule has 0 aliphatic rings. The average molecular weight is 277 g/mol. The number of carbonyl (C=O) groups excluding carboxylic acids is 1. The quantitative estimate of drug-likeness (QED) is 0.261. The van der Waals surface area contributed by atoms with E-state index in [2.05, 4.69) is 5.43 Å². The minimum Gasteiger partial charge on any atom is -0.468 e. The molecule has 2 aromatic rings. The number of rotatable bonds is 4. The van der Waals surface area contributed by atoms with Crippen LogP contribution in [-0.4, -0.2) is 5.91 Å². The fourth-order valence-corrected chi connectivity index (χ4v) is 2.67. The molecule has 6 heteroatoms. The fraction of sp³-hybridized carbons (Fsp3) is 0.154. The second-order valence-electron chi connectivity index (χ2n) is 4.04. The Morgan fingerprint density at radius 3 is 2.89 bits per heavy atom. The van der Waals surface area contributed by atoms with E-state index >= 15 is 0 Å². The van der Waals surface area contributed by atoms with Gasteiger partial charge in [0.1, 0.15) is 5.76 Å². The van der Waals surface area contributed by atoms with Crippen LogP contribution in [-0.2, 0) is 5.75 Å². The summed E-state index contributed by atoms with van der Waals surface area (Å²) in [7, 11) is 0. The van der Waals surface area contributed by atoms with Gasteiger partial charge in [-0.25, -0.2) is 5.84 Å². The number of anilines is 1. The Morgan fingerprint density at radius 2 is 2.21 bits per heavy atom. The van der Waals surface area contributed by atoms with E-state index in [4.69, 9.17) is 16.0 Å². The Bertz CT molecular complexity index is 595. The van der Waals surface area contributed by atoms with Crippen LogP contribution in [0.3, 0.4) is 0 Å². The second-order valence-corrected chi connectivity index (χ2v) is 5.06. The van der Waals surface area contributed by atoms with Crippen LogP contribution in [0.5, 0.6) is 0 Å². The van der Waals surface area contributed by atoms with Gasteiger partial charge in [0.25, 0.3) is 5.91 Å². The molecule has 19 heavy (non-hydrogen) atoms. The maximum Gasteiger partial charge on any atom is 0.268 e. The number of carbonyl (C=O) groups is 1. The maximum absolute atomic E-state index is 11.5. The first-order valence-electron chi connectivity index (χ1n) is 5.68. The summed E-state index contributed by atoms with van der Waals surface area (Å²) in [4.78, 5) is 12.6. The lowest BCUT2D eigenvalue weighted by Crippen LogP contribution is -2.30. The highest BCUT2D eigenvalue weighted by Gasteiger charge is 2.14. The summed E-state index contributed by atoms with van der Waals surface area (Å²) < 4.78 is 5.31. The number of furan rings is 1. The van der Waals surface area contributed by atoms with Crippen LogP contribution >= 0.6 is 11.8 Å². The molecule has 0 aliphatic carbocycles. The summed E-state index contributed by atoms with van der Waals surface area (Å²) in [6.45, 7) is 1.99. The zero-order valence-electron chi connectivity index (χ0n) is 10.5. The van der Waals surface area contributed by atoms with Crippen LogP contribution in [0.25, 0.3) is 0 Å². The predicted octanol–water partition coefficient (Wildman–Crippen LogP) is 2.07. The van der Waals surface area contributed by atoms with Crippen molar-refractivity contribution in [2.24, 2.45) is 5.84 Å². The van der Waals surface area contributed by atoms with Crippen LogP contribution in [0.2, 0.25) is 0 Å². The van der Waals surface area contributed by atoms with Crippen molar-refractivity contribution in [3.63, 3.8) is 0 Å². The van der Waals surface area contributed by atoms with Gasteiger partial charge in [0.15, 0.2) is 0 Å². The maximum atomic E-state index is 11.5. The molecule has 100 valence electrons. The van der Waals surface area contributed by atoms with Crippen molar-refractivity contribution in [1.29, 1.82) is 0 Å². The summed E-state index contributed by atoms with van der Waals surface area (Å²) in [5, 5.41) is 0. The van der Waals surface area contributed by atoms with Crippen LogP contribution < -0.4 is 17.0 Å². The van der Waals surface area contributed by atoms with Crippen molar-refractivity contribution >= 4 is 23.4 Å². The van der Waals surface area contributed by atoms with Crippen molar-refractivity contribution in [3.05, 3.63) is 47.4 Å². The molecule has 0 atom stereocenters. The number of benzene rings is 1. The first-order chi connectivity index (χ1) is 9.11. The van der Waals surface area contributed by atoms with Gasteiger partial charge in [0.2, 0.25) is 0 Å². The number of nitrogens with one attached hydrogen (secondary N) is 1. The van der Waals surface area contributed by atoms with Gasteiger partial charge in [-0.3, -0.25) is 10.2 Å². The lowest BCUT2D eigenvalue weighted by Gasteiger charge is -2.06. The summed E-state index contributed by atoms with van der Waals surface area (Å²) in [6, 6.07) is 7.33. The number of hydrazine groups is 1. The Hall–Kier alpha value is -1.92. The topological polar surface area (TPSA) is 94.3 Å². The Labute approximate surface area is 115 Å². The Kier molecular flexibility index (Phi) is 4.13. The molecule has 0 spiro atoms.